The smallest absolute Gasteiger partial charge is 0.126 e. The van der Waals surface area contributed by atoms with Gasteiger partial charge in [0.05, 0.1) is 0 Å². The van der Waals surface area contributed by atoms with E-state index < -0.39 is 0 Å². The summed E-state index contributed by atoms with van der Waals surface area (Å²) in [7, 11) is 0. The number of rotatable bonds is 4. The van der Waals surface area contributed by atoms with Gasteiger partial charge in [-0.3, -0.25) is 0 Å². The Balaban J connectivity index is 2.14. The fourth-order valence-corrected chi connectivity index (χ4v) is 3.63. The molecule has 1 aliphatic carbocycles. The molecule has 0 radical (unpaired) electrons. The van der Waals surface area contributed by atoms with Gasteiger partial charge in [0.25, 0.3) is 0 Å². The standard InChI is InChI=1S/C17H26ClFN2/c1-12(2)13-4-3-6-17(11-20,7-5-13)21-16-9-14(18)8-15(19)10-16/h8-10,12-13,21H,3-7,11,20H2,1-2H3. The number of anilines is 1. The lowest BCUT2D eigenvalue weighted by atomic mass is 9.86. The van der Waals surface area contributed by atoms with Gasteiger partial charge in [0.2, 0.25) is 0 Å². The minimum absolute atomic E-state index is 0.138. The Labute approximate surface area is 132 Å². The minimum atomic E-state index is -0.314. The van der Waals surface area contributed by atoms with Gasteiger partial charge in [0, 0.05) is 22.8 Å². The van der Waals surface area contributed by atoms with Crippen LogP contribution in [0.4, 0.5) is 10.1 Å². The molecule has 3 N–H and O–H groups in total. The fourth-order valence-electron chi connectivity index (χ4n) is 3.41. The highest BCUT2D eigenvalue weighted by Gasteiger charge is 2.32. The summed E-state index contributed by atoms with van der Waals surface area (Å²) in [5, 5.41) is 3.89. The zero-order valence-electron chi connectivity index (χ0n) is 13.0. The molecule has 1 aromatic rings. The molecule has 0 saturated heterocycles. The monoisotopic (exact) mass is 312 g/mol. The third kappa shape index (κ3) is 4.33. The van der Waals surface area contributed by atoms with E-state index in [1.54, 1.807) is 6.07 Å². The van der Waals surface area contributed by atoms with Gasteiger partial charge in [-0.05, 0) is 49.3 Å². The van der Waals surface area contributed by atoms with Crippen LogP contribution in [-0.4, -0.2) is 12.1 Å². The van der Waals surface area contributed by atoms with Crippen molar-refractivity contribution >= 4 is 17.3 Å². The molecule has 1 fully saturated rings. The van der Waals surface area contributed by atoms with Gasteiger partial charge in [0.15, 0.2) is 0 Å². The molecule has 2 nitrogen and oxygen atoms in total. The van der Waals surface area contributed by atoms with Gasteiger partial charge in [-0.2, -0.15) is 0 Å². The Morgan fingerprint density at radius 2 is 2.10 bits per heavy atom. The first-order chi connectivity index (χ1) is 9.94. The van der Waals surface area contributed by atoms with Gasteiger partial charge in [0.1, 0.15) is 5.82 Å². The van der Waals surface area contributed by atoms with Crippen molar-refractivity contribution < 1.29 is 4.39 Å². The number of nitrogens with one attached hydrogen (secondary N) is 1. The Morgan fingerprint density at radius 3 is 2.71 bits per heavy atom. The van der Waals surface area contributed by atoms with Crippen molar-refractivity contribution in [3.05, 3.63) is 29.0 Å². The van der Waals surface area contributed by atoms with Gasteiger partial charge < -0.3 is 11.1 Å². The van der Waals surface area contributed by atoms with Crippen LogP contribution >= 0.6 is 11.6 Å². The van der Waals surface area contributed by atoms with Crippen molar-refractivity contribution in [2.45, 2.75) is 51.5 Å². The van der Waals surface area contributed by atoms with E-state index in [2.05, 4.69) is 19.2 Å². The molecule has 0 aromatic heterocycles. The van der Waals surface area contributed by atoms with Crippen LogP contribution in [0.5, 0.6) is 0 Å². The second-order valence-corrected chi connectivity index (χ2v) is 7.14. The molecule has 2 atom stereocenters. The lowest BCUT2D eigenvalue weighted by Crippen LogP contribution is -2.45. The Hall–Kier alpha value is -0.800. The summed E-state index contributed by atoms with van der Waals surface area (Å²) in [4.78, 5) is 0. The lowest BCUT2D eigenvalue weighted by Gasteiger charge is -2.34. The lowest BCUT2D eigenvalue weighted by molar-refractivity contribution is 0.332. The van der Waals surface area contributed by atoms with Crippen LogP contribution in [-0.2, 0) is 0 Å². The first kappa shape index (κ1) is 16.6. The number of benzene rings is 1. The molecular weight excluding hydrogens is 287 g/mol. The average Bonchev–Trinajstić information content (AvgIpc) is 2.61. The molecule has 4 heteroatoms. The third-order valence-electron chi connectivity index (χ3n) is 4.83. The maximum Gasteiger partial charge on any atom is 0.126 e. The summed E-state index contributed by atoms with van der Waals surface area (Å²) < 4.78 is 13.5. The van der Waals surface area contributed by atoms with Crippen LogP contribution in [0.2, 0.25) is 5.02 Å². The quantitative estimate of drug-likeness (QED) is 0.782. The van der Waals surface area contributed by atoms with Crippen LogP contribution in [0, 0.1) is 17.7 Å². The van der Waals surface area contributed by atoms with E-state index in [0.29, 0.717) is 17.5 Å². The minimum Gasteiger partial charge on any atom is -0.378 e. The summed E-state index contributed by atoms with van der Waals surface area (Å²) in [6.07, 6.45) is 5.65. The van der Waals surface area contributed by atoms with Crippen molar-refractivity contribution in [2.75, 3.05) is 11.9 Å². The van der Waals surface area contributed by atoms with Gasteiger partial charge >= 0.3 is 0 Å². The van der Waals surface area contributed by atoms with Crippen molar-refractivity contribution in [3.8, 4) is 0 Å². The second kappa shape index (κ2) is 6.97. The molecule has 0 spiro atoms. The summed E-state index contributed by atoms with van der Waals surface area (Å²) in [6, 6.07) is 4.59. The molecule has 1 aromatic carbocycles. The van der Waals surface area contributed by atoms with Crippen molar-refractivity contribution in [1.82, 2.24) is 0 Å². The van der Waals surface area contributed by atoms with E-state index in [1.807, 2.05) is 0 Å². The van der Waals surface area contributed by atoms with Crippen LogP contribution < -0.4 is 11.1 Å². The first-order valence-electron chi connectivity index (χ1n) is 7.88. The molecule has 0 bridgehead atoms. The number of nitrogens with two attached hydrogens (primary N) is 1. The molecule has 1 aliphatic rings. The molecule has 2 unspecified atom stereocenters. The van der Waals surface area contributed by atoms with Crippen LogP contribution in [0.15, 0.2) is 18.2 Å². The van der Waals surface area contributed by atoms with Crippen molar-refractivity contribution in [2.24, 2.45) is 17.6 Å². The highest BCUT2D eigenvalue weighted by atomic mass is 35.5. The summed E-state index contributed by atoms with van der Waals surface area (Å²) in [5.74, 6) is 1.16. The van der Waals surface area contributed by atoms with Gasteiger partial charge in [-0.15, -0.1) is 0 Å². The van der Waals surface area contributed by atoms with Crippen LogP contribution in [0.1, 0.15) is 46.0 Å². The number of hydrogen-bond donors (Lipinski definition) is 2. The molecule has 21 heavy (non-hydrogen) atoms. The highest BCUT2D eigenvalue weighted by Crippen LogP contribution is 2.36. The predicted molar refractivity (Wildman–Crippen MR) is 88.2 cm³/mol. The SMILES string of the molecule is CC(C)C1CCCC(CN)(Nc2cc(F)cc(Cl)c2)CC1. The summed E-state index contributed by atoms with van der Waals surface area (Å²) in [6.45, 7) is 5.14. The third-order valence-corrected chi connectivity index (χ3v) is 5.05. The second-order valence-electron chi connectivity index (χ2n) is 6.70. The van der Waals surface area contributed by atoms with Crippen molar-refractivity contribution in [3.63, 3.8) is 0 Å². The van der Waals surface area contributed by atoms with Crippen molar-refractivity contribution in [1.29, 1.82) is 0 Å². The molecule has 1 saturated carbocycles. The van der Waals surface area contributed by atoms with E-state index in [1.165, 1.54) is 25.0 Å². The normalized spacial score (nSPS) is 26.7. The van der Waals surface area contributed by atoms with E-state index in [4.69, 9.17) is 17.3 Å². The zero-order valence-corrected chi connectivity index (χ0v) is 13.7. The largest absolute Gasteiger partial charge is 0.378 e. The molecule has 118 valence electrons. The highest BCUT2D eigenvalue weighted by molar-refractivity contribution is 6.30. The molecule has 0 amide bonds. The van der Waals surface area contributed by atoms with Gasteiger partial charge in [-0.25, -0.2) is 4.39 Å². The number of halogens is 2. The van der Waals surface area contributed by atoms with E-state index in [0.717, 1.165) is 30.9 Å². The zero-order chi connectivity index (χ0) is 15.5. The fraction of sp³-hybridized carbons (Fsp3) is 0.647. The van der Waals surface area contributed by atoms with E-state index >= 15 is 0 Å². The summed E-state index contributed by atoms with van der Waals surface area (Å²) >= 11 is 5.94. The molecule has 2 rings (SSSR count). The van der Waals surface area contributed by atoms with Gasteiger partial charge in [-0.1, -0.05) is 38.3 Å². The van der Waals surface area contributed by atoms with E-state index in [-0.39, 0.29) is 11.4 Å². The topological polar surface area (TPSA) is 38.0 Å². The van der Waals surface area contributed by atoms with E-state index in [9.17, 15) is 4.39 Å². The molecule has 0 aliphatic heterocycles. The number of hydrogen-bond acceptors (Lipinski definition) is 2. The van der Waals surface area contributed by atoms with Crippen LogP contribution in [0.3, 0.4) is 0 Å². The Kier molecular flexibility index (Phi) is 5.50. The molecular formula is C17H26ClFN2. The Morgan fingerprint density at radius 1 is 1.33 bits per heavy atom. The maximum absolute atomic E-state index is 13.5. The van der Waals surface area contributed by atoms with Crippen LogP contribution in [0.25, 0.3) is 0 Å². The average molecular weight is 313 g/mol. The predicted octanol–water partition coefficient (Wildman–Crippen LogP) is 4.82. The maximum atomic E-state index is 13.5. The molecule has 0 heterocycles. The first-order valence-corrected chi connectivity index (χ1v) is 8.26. The Bertz CT molecular complexity index is 458. The summed E-state index contributed by atoms with van der Waals surface area (Å²) in [5.41, 5.74) is 6.66.